The zero-order chi connectivity index (χ0) is 22.1. The van der Waals surface area contributed by atoms with Crippen LogP contribution in [0.2, 0.25) is 0 Å². The van der Waals surface area contributed by atoms with Crippen LogP contribution in [-0.4, -0.2) is 47.0 Å². The van der Waals surface area contributed by atoms with Gasteiger partial charge in [0, 0.05) is 48.9 Å². The van der Waals surface area contributed by atoms with Crippen LogP contribution in [0.3, 0.4) is 0 Å². The summed E-state index contributed by atoms with van der Waals surface area (Å²) in [7, 11) is 0. The standard InChI is InChI=1S/C25H32N4OS/c1-18-6-8-19(9-7-18)21-14-20-15-25(30-22(20)16-27-21)10-12-29(13-11-25)17-31-28-23(26-5)24(2,3)4/h6-9,14,16H,5,10-13,15,17H2,1-4H3/b28-23-. The lowest BCUT2D eigenvalue weighted by molar-refractivity contribution is 0.0251. The highest BCUT2D eigenvalue weighted by Crippen LogP contribution is 2.42. The Labute approximate surface area is 190 Å². The summed E-state index contributed by atoms with van der Waals surface area (Å²) in [5.41, 5.74) is 4.57. The number of ether oxygens (including phenoxy) is 1. The second-order valence-electron chi connectivity index (χ2n) is 9.70. The molecule has 4 rings (SSSR count). The number of aromatic nitrogens is 1. The molecule has 0 amide bonds. The van der Waals surface area contributed by atoms with Gasteiger partial charge in [-0.3, -0.25) is 9.88 Å². The molecule has 0 saturated carbocycles. The van der Waals surface area contributed by atoms with Crippen LogP contribution in [0.4, 0.5) is 0 Å². The number of nitrogens with zero attached hydrogens (tertiary/aromatic N) is 4. The molecule has 1 aromatic carbocycles. The van der Waals surface area contributed by atoms with Crippen molar-refractivity contribution in [1.82, 2.24) is 9.88 Å². The Morgan fingerprint density at radius 2 is 1.94 bits per heavy atom. The number of benzene rings is 1. The predicted molar refractivity (Wildman–Crippen MR) is 131 cm³/mol. The number of aryl methyl sites for hydroxylation is 1. The van der Waals surface area contributed by atoms with Gasteiger partial charge in [0.15, 0.2) is 0 Å². The highest BCUT2D eigenvalue weighted by Gasteiger charge is 2.42. The van der Waals surface area contributed by atoms with Crippen LogP contribution in [0.25, 0.3) is 11.3 Å². The van der Waals surface area contributed by atoms with Crippen LogP contribution in [0.1, 0.15) is 44.7 Å². The molecule has 6 heteroatoms. The molecule has 0 N–H and O–H groups in total. The molecule has 3 heterocycles. The lowest BCUT2D eigenvalue weighted by atomic mass is 9.87. The van der Waals surface area contributed by atoms with Gasteiger partial charge in [0.05, 0.1) is 17.8 Å². The fourth-order valence-corrected chi connectivity index (χ4v) is 5.09. The number of amidine groups is 1. The fourth-order valence-electron chi connectivity index (χ4n) is 4.16. The van der Waals surface area contributed by atoms with Crippen LogP contribution in [0.5, 0.6) is 5.75 Å². The fraction of sp³-hybridized carbons (Fsp3) is 0.480. The normalized spacial score (nSPS) is 18.6. The molecule has 0 bridgehead atoms. The molecular formula is C25H32N4OS. The van der Waals surface area contributed by atoms with E-state index in [4.69, 9.17) is 4.74 Å². The maximum Gasteiger partial charge on any atom is 0.141 e. The Balaban J connectivity index is 1.35. The minimum atomic E-state index is -0.0837. The summed E-state index contributed by atoms with van der Waals surface area (Å²) >= 11 is 1.57. The molecule has 0 radical (unpaired) electrons. The molecule has 0 atom stereocenters. The van der Waals surface area contributed by atoms with E-state index >= 15 is 0 Å². The first-order chi connectivity index (χ1) is 14.8. The van der Waals surface area contributed by atoms with Gasteiger partial charge in [-0.1, -0.05) is 50.6 Å². The molecule has 1 spiro atoms. The van der Waals surface area contributed by atoms with E-state index in [1.54, 1.807) is 11.9 Å². The van der Waals surface area contributed by atoms with Crippen LogP contribution in [0.15, 0.2) is 45.9 Å². The molecule has 31 heavy (non-hydrogen) atoms. The summed E-state index contributed by atoms with van der Waals surface area (Å²) in [5.74, 6) is 2.63. The van der Waals surface area contributed by atoms with Gasteiger partial charge in [-0.25, -0.2) is 4.99 Å². The first-order valence-corrected chi connectivity index (χ1v) is 11.9. The Kier molecular flexibility index (Phi) is 6.22. The molecule has 2 aliphatic rings. The van der Waals surface area contributed by atoms with Crippen LogP contribution >= 0.6 is 11.9 Å². The maximum absolute atomic E-state index is 6.45. The number of likely N-dealkylation sites (tertiary alicyclic amines) is 1. The number of piperidine rings is 1. The lowest BCUT2D eigenvalue weighted by Crippen LogP contribution is -2.47. The minimum absolute atomic E-state index is 0.0738. The molecule has 1 aromatic heterocycles. The van der Waals surface area contributed by atoms with Crippen molar-refractivity contribution in [2.45, 2.75) is 52.6 Å². The topological polar surface area (TPSA) is 50.1 Å². The summed E-state index contributed by atoms with van der Waals surface area (Å²) in [5, 5.41) is 0. The van der Waals surface area contributed by atoms with Gasteiger partial charge in [0.1, 0.15) is 17.2 Å². The quantitative estimate of drug-likeness (QED) is 0.357. The highest BCUT2D eigenvalue weighted by molar-refractivity contribution is 7.98. The van der Waals surface area contributed by atoms with Crippen molar-refractivity contribution < 1.29 is 4.74 Å². The van der Waals surface area contributed by atoms with E-state index in [9.17, 15) is 0 Å². The van der Waals surface area contributed by atoms with E-state index in [-0.39, 0.29) is 11.0 Å². The minimum Gasteiger partial charge on any atom is -0.485 e. The third-order valence-electron chi connectivity index (χ3n) is 6.11. The number of hydrogen-bond donors (Lipinski definition) is 0. The molecule has 5 nitrogen and oxygen atoms in total. The van der Waals surface area contributed by atoms with Crippen LogP contribution in [-0.2, 0) is 6.42 Å². The largest absolute Gasteiger partial charge is 0.485 e. The maximum atomic E-state index is 6.45. The van der Waals surface area contributed by atoms with Crippen molar-refractivity contribution in [3.05, 3.63) is 47.7 Å². The van der Waals surface area contributed by atoms with Gasteiger partial charge in [-0.05, 0) is 31.7 Å². The summed E-state index contributed by atoms with van der Waals surface area (Å²) in [6, 6.07) is 10.8. The van der Waals surface area contributed by atoms with E-state index in [2.05, 4.69) is 84.0 Å². The number of fused-ring (bicyclic) bond motifs is 1. The molecule has 0 unspecified atom stereocenters. The Hall–Kier alpha value is -2.18. The number of aliphatic imine (C=N–C) groups is 1. The molecule has 1 fully saturated rings. The van der Waals surface area contributed by atoms with Gasteiger partial charge < -0.3 is 4.74 Å². The summed E-state index contributed by atoms with van der Waals surface area (Å²) < 4.78 is 11.0. The third-order valence-corrected chi connectivity index (χ3v) is 6.90. The van der Waals surface area contributed by atoms with E-state index in [0.29, 0.717) is 0 Å². The first-order valence-electron chi connectivity index (χ1n) is 10.9. The average molecular weight is 437 g/mol. The smallest absolute Gasteiger partial charge is 0.141 e. The van der Waals surface area contributed by atoms with E-state index in [0.717, 1.165) is 61.1 Å². The van der Waals surface area contributed by atoms with E-state index < -0.39 is 0 Å². The highest BCUT2D eigenvalue weighted by atomic mass is 32.2. The van der Waals surface area contributed by atoms with Crippen molar-refractivity contribution in [1.29, 1.82) is 0 Å². The van der Waals surface area contributed by atoms with Gasteiger partial charge in [0.25, 0.3) is 0 Å². The SMILES string of the molecule is C=N/C(=N\SCN1CCC2(CC1)Cc1cc(-c3ccc(C)cc3)ncc1O2)C(C)(C)C. The van der Waals surface area contributed by atoms with Gasteiger partial charge in [-0.15, -0.1) is 0 Å². The Morgan fingerprint density at radius 3 is 2.58 bits per heavy atom. The van der Waals surface area contributed by atoms with Crippen molar-refractivity contribution in [3.63, 3.8) is 0 Å². The Morgan fingerprint density at radius 1 is 1.23 bits per heavy atom. The van der Waals surface area contributed by atoms with Crippen molar-refractivity contribution in [2.24, 2.45) is 14.8 Å². The van der Waals surface area contributed by atoms with Crippen molar-refractivity contribution in [2.75, 3.05) is 19.0 Å². The van der Waals surface area contributed by atoms with E-state index in [1.165, 1.54) is 11.1 Å². The average Bonchev–Trinajstić information content (AvgIpc) is 3.09. The number of rotatable bonds is 4. The third kappa shape index (κ3) is 5.01. The molecule has 164 valence electrons. The van der Waals surface area contributed by atoms with E-state index in [1.807, 2.05) is 6.20 Å². The van der Waals surface area contributed by atoms with Crippen molar-refractivity contribution in [3.8, 4) is 17.0 Å². The lowest BCUT2D eigenvalue weighted by Gasteiger charge is -2.38. The zero-order valence-corrected chi connectivity index (χ0v) is 19.8. The van der Waals surface area contributed by atoms with Crippen molar-refractivity contribution >= 4 is 24.5 Å². The number of pyridine rings is 1. The van der Waals surface area contributed by atoms with Crippen LogP contribution in [0, 0.1) is 12.3 Å². The molecule has 2 aromatic rings. The first kappa shape index (κ1) is 22.0. The molecule has 2 aliphatic heterocycles. The zero-order valence-electron chi connectivity index (χ0n) is 19.0. The summed E-state index contributed by atoms with van der Waals surface area (Å²) in [6.45, 7) is 14.1. The molecule has 1 saturated heterocycles. The summed E-state index contributed by atoms with van der Waals surface area (Å²) in [6.07, 6.45) is 4.93. The van der Waals surface area contributed by atoms with Gasteiger partial charge >= 0.3 is 0 Å². The number of hydrogen-bond acceptors (Lipinski definition) is 5. The van der Waals surface area contributed by atoms with Gasteiger partial charge in [-0.2, -0.15) is 4.40 Å². The second-order valence-corrected chi connectivity index (χ2v) is 10.4. The summed E-state index contributed by atoms with van der Waals surface area (Å²) in [4.78, 5) is 11.2. The molecular weight excluding hydrogens is 404 g/mol. The van der Waals surface area contributed by atoms with Gasteiger partial charge in [0.2, 0.25) is 0 Å². The second kappa shape index (κ2) is 8.75. The van der Waals surface area contributed by atoms with Crippen LogP contribution < -0.4 is 4.74 Å². The Bertz CT molecular complexity index is 970. The predicted octanol–water partition coefficient (Wildman–Crippen LogP) is 5.58. The monoisotopic (exact) mass is 436 g/mol. The molecule has 0 aliphatic carbocycles.